The predicted molar refractivity (Wildman–Crippen MR) is 115 cm³/mol. The summed E-state index contributed by atoms with van der Waals surface area (Å²) >= 11 is 5.98. The lowest BCUT2D eigenvalue weighted by molar-refractivity contribution is -0.137. The van der Waals surface area contributed by atoms with Crippen LogP contribution >= 0.6 is 11.6 Å². The second kappa shape index (κ2) is 9.12. The van der Waals surface area contributed by atoms with E-state index in [0.717, 1.165) is 29.5 Å². The molecule has 3 heterocycles. The molecule has 3 aromatic rings. The maximum atomic E-state index is 12.9. The molecule has 1 N–H and O–H groups in total. The first-order chi connectivity index (χ1) is 15.3. The number of nitrogens with zero attached hydrogens (tertiary/aromatic N) is 4. The van der Waals surface area contributed by atoms with Crippen LogP contribution in [0.15, 0.2) is 54.9 Å². The molecule has 32 heavy (non-hydrogen) atoms. The summed E-state index contributed by atoms with van der Waals surface area (Å²) in [4.78, 5) is 18.6. The molecule has 1 aromatic carbocycles. The smallest absolute Gasteiger partial charge is 0.355 e. The van der Waals surface area contributed by atoms with E-state index in [1.807, 2.05) is 29.2 Å². The van der Waals surface area contributed by atoms with Gasteiger partial charge in [-0.05, 0) is 55.3 Å². The molecule has 0 atom stereocenters. The summed E-state index contributed by atoms with van der Waals surface area (Å²) in [5, 5.41) is 11.2. The molecule has 1 aliphatic heterocycles. The normalized spacial score (nSPS) is 14.9. The Hall–Kier alpha value is -3.20. The molecule has 4 rings (SSSR count). The number of rotatable bonds is 4. The van der Waals surface area contributed by atoms with Gasteiger partial charge in [0.25, 0.3) is 0 Å². The summed E-state index contributed by atoms with van der Waals surface area (Å²) in [7, 11) is 0. The molecule has 1 amide bonds. The van der Waals surface area contributed by atoms with E-state index in [2.05, 4.69) is 20.5 Å². The number of carbonyl (C=O) groups excluding carboxylic acids is 1. The van der Waals surface area contributed by atoms with Crippen molar-refractivity contribution >= 4 is 29.0 Å². The van der Waals surface area contributed by atoms with E-state index >= 15 is 0 Å². The van der Waals surface area contributed by atoms with Crippen molar-refractivity contribution in [1.82, 2.24) is 15.2 Å². The SMILES string of the molecule is O=C(Nc1cc(C(F)(F)F)ccc1Cl)C1CCN(c2ccc(-c3ccncc3)nn2)CC1. The Kier molecular flexibility index (Phi) is 6.27. The molecule has 0 unspecified atom stereocenters. The molecule has 1 aliphatic rings. The van der Waals surface area contributed by atoms with Gasteiger partial charge in [-0.15, -0.1) is 10.2 Å². The van der Waals surface area contributed by atoms with E-state index in [1.54, 1.807) is 12.4 Å². The van der Waals surface area contributed by atoms with E-state index < -0.39 is 11.7 Å². The van der Waals surface area contributed by atoms with Crippen LogP contribution in [0.25, 0.3) is 11.3 Å². The van der Waals surface area contributed by atoms with E-state index in [4.69, 9.17) is 11.6 Å². The fourth-order valence-corrected chi connectivity index (χ4v) is 3.74. The first kappa shape index (κ1) is 22.0. The van der Waals surface area contributed by atoms with Gasteiger partial charge in [0.1, 0.15) is 0 Å². The Morgan fingerprint density at radius 2 is 1.75 bits per heavy atom. The van der Waals surface area contributed by atoms with Crippen LogP contribution in [0.4, 0.5) is 24.7 Å². The minimum absolute atomic E-state index is 0.0357. The number of benzene rings is 1. The van der Waals surface area contributed by atoms with Crippen LogP contribution in [0.2, 0.25) is 5.02 Å². The zero-order valence-corrected chi connectivity index (χ0v) is 17.6. The third-order valence-corrected chi connectivity index (χ3v) is 5.70. The first-order valence-corrected chi connectivity index (χ1v) is 10.4. The maximum absolute atomic E-state index is 12.9. The van der Waals surface area contributed by atoms with Crippen molar-refractivity contribution in [2.75, 3.05) is 23.3 Å². The molecule has 1 fully saturated rings. The van der Waals surface area contributed by atoms with Crippen LogP contribution < -0.4 is 10.2 Å². The van der Waals surface area contributed by atoms with Gasteiger partial charge in [-0.2, -0.15) is 13.2 Å². The molecule has 166 valence electrons. The Bertz CT molecular complexity index is 1080. The number of carbonyl (C=O) groups is 1. The number of alkyl halides is 3. The predicted octanol–water partition coefficient (Wildman–Crippen LogP) is 5.07. The van der Waals surface area contributed by atoms with Crippen molar-refractivity contribution in [3.05, 3.63) is 65.4 Å². The van der Waals surface area contributed by atoms with Crippen molar-refractivity contribution in [2.24, 2.45) is 5.92 Å². The second-order valence-corrected chi connectivity index (χ2v) is 7.86. The molecule has 6 nitrogen and oxygen atoms in total. The summed E-state index contributed by atoms with van der Waals surface area (Å²) in [6, 6.07) is 10.3. The van der Waals surface area contributed by atoms with Gasteiger partial charge in [-0.3, -0.25) is 9.78 Å². The number of pyridine rings is 1. The molecule has 0 radical (unpaired) electrons. The quantitative estimate of drug-likeness (QED) is 0.587. The molecule has 0 saturated carbocycles. The third kappa shape index (κ3) is 4.99. The molecule has 0 bridgehead atoms. The summed E-state index contributed by atoms with van der Waals surface area (Å²) < 4.78 is 38.8. The highest BCUT2D eigenvalue weighted by Crippen LogP contribution is 2.34. The van der Waals surface area contributed by atoms with Gasteiger partial charge in [-0.1, -0.05) is 11.6 Å². The number of nitrogens with one attached hydrogen (secondary N) is 1. The molecular formula is C22H19ClF3N5O. The van der Waals surface area contributed by atoms with Crippen LogP contribution in [-0.2, 0) is 11.0 Å². The Morgan fingerprint density at radius 3 is 2.38 bits per heavy atom. The number of amides is 1. The summed E-state index contributed by atoms with van der Waals surface area (Å²) in [5.41, 5.74) is 0.762. The average molecular weight is 462 g/mol. The number of hydrogen-bond acceptors (Lipinski definition) is 5. The van der Waals surface area contributed by atoms with Crippen LogP contribution in [0, 0.1) is 5.92 Å². The number of aromatic nitrogens is 3. The van der Waals surface area contributed by atoms with E-state index in [-0.39, 0.29) is 22.5 Å². The fourth-order valence-electron chi connectivity index (χ4n) is 3.57. The zero-order valence-electron chi connectivity index (χ0n) is 16.8. The molecule has 0 spiro atoms. The van der Waals surface area contributed by atoms with Crippen LogP contribution in [0.5, 0.6) is 0 Å². The number of halogens is 4. The van der Waals surface area contributed by atoms with Crippen molar-refractivity contribution in [2.45, 2.75) is 19.0 Å². The lowest BCUT2D eigenvalue weighted by Crippen LogP contribution is -2.38. The monoisotopic (exact) mass is 461 g/mol. The van der Waals surface area contributed by atoms with E-state index in [9.17, 15) is 18.0 Å². The van der Waals surface area contributed by atoms with Gasteiger partial charge < -0.3 is 10.2 Å². The van der Waals surface area contributed by atoms with Gasteiger partial charge in [-0.25, -0.2) is 0 Å². The molecular weight excluding hydrogens is 443 g/mol. The summed E-state index contributed by atoms with van der Waals surface area (Å²) in [5.74, 6) is 0.0356. The van der Waals surface area contributed by atoms with Gasteiger partial charge in [0.15, 0.2) is 5.82 Å². The lowest BCUT2D eigenvalue weighted by atomic mass is 9.95. The Labute approximate surface area is 187 Å². The maximum Gasteiger partial charge on any atom is 0.416 e. The van der Waals surface area contributed by atoms with Gasteiger partial charge in [0.05, 0.1) is 22.0 Å². The van der Waals surface area contributed by atoms with Crippen molar-refractivity contribution < 1.29 is 18.0 Å². The lowest BCUT2D eigenvalue weighted by Gasteiger charge is -2.32. The highest BCUT2D eigenvalue weighted by atomic mass is 35.5. The fraction of sp³-hybridized carbons (Fsp3) is 0.273. The van der Waals surface area contributed by atoms with Crippen molar-refractivity contribution in [1.29, 1.82) is 0 Å². The third-order valence-electron chi connectivity index (χ3n) is 5.37. The van der Waals surface area contributed by atoms with Crippen molar-refractivity contribution in [3.63, 3.8) is 0 Å². The van der Waals surface area contributed by atoms with Crippen LogP contribution in [0.1, 0.15) is 18.4 Å². The van der Waals surface area contributed by atoms with Gasteiger partial charge in [0, 0.05) is 37.0 Å². The average Bonchev–Trinajstić information content (AvgIpc) is 2.80. The minimum Gasteiger partial charge on any atom is -0.355 e. The molecule has 10 heteroatoms. The standard InChI is InChI=1S/C22H19ClF3N5O/c23-17-2-1-16(22(24,25)26)13-19(17)28-21(32)15-7-11-31(12-8-15)20-4-3-18(29-30-20)14-5-9-27-10-6-14/h1-6,9-10,13,15H,7-8,11-12H2,(H,28,32). The van der Waals surface area contributed by atoms with E-state index in [0.29, 0.717) is 31.7 Å². The highest BCUT2D eigenvalue weighted by molar-refractivity contribution is 6.33. The number of anilines is 2. The summed E-state index contributed by atoms with van der Waals surface area (Å²) in [6.07, 6.45) is -0.0591. The highest BCUT2D eigenvalue weighted by Gasteiger charge is 2.32. The number of hydrogen-bond donors (Lipinski definition) is 1. The van der Waals surface area contributed by atoms with Gasteiger partial charge in [0.2, 0.25) is 5.91 Å². The molecule has 1 saturated heterocycles. The van der Waals surface area contributed by atoms with Gasteiger partial charge >= 0.3 is 6.18 Å². The van der Waals surface area contributed by atoms with Crippen LogP contribution in [0.3, 0.4) is 0 Å². The zero-order chi connectivity index (χ0) is 22.7. The van der Waals surface area contributed by atoms with Crippen molar-refractivity contribution in [3.8, 4) is 11.3 Å². The Morgan fingerprint density at radius 1 is 1.03 bits per heavy atom. The molecule has 0 aliphatic carbocycles. The largest absolute Gasteiger partial charge is 0.416 e. The number of piperidine rings is 1. The topological polar surface area (TPSA) is 71.0 Å². The molecule has 2 aromatic heterocycles. The first-order valence-electron chi connectivity index (χ1n) is 9.98. The minimum atomic E-state index is -4.51. The van der Waals surface area contributed by atoms with E-state index in [1.165, 1.54) is 0 Å². The van der Waals surface area contributed by atoms with Crippen LogP contribution in [-0.4, -0.2) is 34.2 Å². The Balaban J connectivity index is 1.36. The second-order valence-electron chi connectivity index (χ2n) is 7.46. The summed E-state index contributed by atoms with van der Waals surface area (Å²) in [6.45, 7) is 1.16.